The Balaban J connectivity index is 1.46. The van der Waals surface area contributed by atoms with Gasteiger partial charge in [0.15, 0.2) is 9.84 Å². The summed E-state index contributed by atoms with van der Waals surface area (Å²) < 4.78 is 43.0. The first-order valence-electron chi connectivity index (χ1n) is 9.33. The summed E-state index contributed by atoms with van der Waals surface area (Å²) in [6, 6.07) is 6.69. The number of furan rings is 1. The third-order valence-corrected chi connectivity index (χ3v) is 6.81. The number of rotatable bonds is 6. The van der Waals surface area contributed by atoms with Gasteiger partial charge in [0.25, 0.3) is 5.91 Å². The van der Waals surface area contributed by atoms with Gasteiger partial charge in [-0.05, 0) is 57.1 Å². The van der Waals surface area contributed by atoms with E-state index in [4.69, 9.17) is 4.42 Å². The maximum atomic E-state index is 13.0. The molecule has 0 spiro atoms. The smallest absolute Gasteiger partial charge is 0.257 e. The number of carbonyl (C=O) groups excluding carboxylic acids is 1. The van der Waals surface area contributed by atoms with Gasteiger partial charge in [0.1, 0.15) is 17.3 Å². The van der Waals surface area contributed by atoms with Gasteiger partial charge in [0.2, 0.25) is 0 Å². The van der Waals surface area contributed by atoms with Gasteiger partial charge in [-0.1, -0.05) is 0 Å². The van der Waals surface area contributed by atoms with Crippen LogP contribution in [0.1, 0.15) is 28.3 Å². The van der Waals surface area contributed by atoms with Crippen molar-refractivity contribution in [2.75, 3.05) is 38.5 Å². The normalized spacial score (nSPS) is 15.8. The molecule has 0 radical (unpaired) electrons. The molecule has 1 aliphatic rings. The molecule has 0 bridgehead atoms. The lowest BCUT2D eigenvalue weighted by Gasteiger charge is -2.34. The maximum Gasteiger partial charge on any atom is 0.257 e. The van der Waals surface area contributed by atoms with E-state index in [0.29, 0.717) is 50.5 Å². The van der Waals surface area contributed by atoms with Crippen molar-refractivity contribution in [3.05, 3.63) is 53.2 Å². The number of piperazine rings is 1. The van der Waals surface area contributed by atoms with Gasteiger partial charge in [-0.15, -0.1) is 0 Å². The second kappa shape index (κ2) is 8.45. The number of benzene rings is 1. The van der Waals surface area contributed by atoms with Gasteiger partial charge >= 0.3 is 0 Å². The lowest BCUT2D eigenvalue weighted by atomic mass is 10.2. The van der Waals surface area contributed by atoms with E-state index in [9.17, 15) is 17.6 Å². The number of hydrogen-bond donors (Lipinski definition) is 0. The van der Waals surface area contributed by atoms with Crippen LogP contribution in [0.25, 0.3) is 0 Å². The minimum Gasteiger partial charge on any atom is -0.466 e. The van der Waals surface area contributed by atoms with Crippen molar-refractivity contribution in [2.45, 2.75) is 25.2 Å². The summed E-state index contributed by atoms with van der Waals surface area (Å²) in [5.74, 6) is 0.906. The Morgan fingerprint density at radius 2 is 1.75 bits per heavy atom. The minimum absolute atomic E-state index is 0.0191. The summed E-state index contributed by atoms with van der Waals surface area (Å²) in [6.07, 6.45) is 0.494. The second-order valence-corrected chi connectivity index (χ2v) is 9.20. The quantitative estimate of drug-likeness (QED) is 0.688. The average Bonchev–Trinajstić information content (AvgIpc) is 3.00. The Morgan fingerprint density at radius 1 is 1.11 bits per heavy atom. The molecule has 1 aromatic heterocycles. The Hall–Kier alpha value is -2.19. The molecule has 1 fully saturated rings. The third-order valence-electron chi connectivity index (χ3n) is 4.99. The molecule has 6 nitrogen and oxygen atoms in total. The highest BCUT2D eigenvalue weighted by atomic mass is 32.2. The number of amides is 1. The first-order chi connectivity index (χ1) is 13.3. The van der Waals surface area contributed by atoms with E-state index in [1.807, 2.05) is 11.8 Å². The predicted molar refractivity (Wildman–Crippen MR) is 104 cm³/mol. The molecule has 1 aliphatic heterocycles. The van der Waals surface area contributed by atoms with Crippen molar-refractivity contribution in [3.63, 3.8) is 0 Å². The molecule has 152 valence electrons. The van der Waals surface area contributed by atoms with Crippen LogP contribution in [0.4, 0.5) is 4.39 Å². The monoisotopic (exact) mass is 408 g/mol. The summed E-state index contributed by atoms with van der Waals surface area (Å²) >= 11 is 0. The largest absolute Gasteiger partial charge is 0.466 e. The molecule has 0 unspecified atom stereocenters. The summed E-state index contributed by atoms with van der Waals surface area (Å²) in [6.45, 7) is 6.88. The van der Waals surface area contributed by atoms with Crippen LogP contribution >= 0.6 is 0 Å². The molecule has 0 aliphatic carbocycles. The maximum absolute atomic E-state index is 13.0. The fraction of sp³-hybridized carbons (Fsp3) is 0.450. The molecular formula is C20H25FN2O4S. The van der Waals surface area contributed by atoms with Crippen molar-refractivity contribution in [1.82, 2.24) is 9.80 Å². The molecule has 0 N–H and O–H groups in total. The predicted octanol–water partition coefficient (Wildman–Crippen LogP) is 2.66. The lowest BCUT2D eigenvalue weighted by Crippen LogP contribution is -2.49. The van der Waals surface area contributed by atoms with Crippen LogP contribution < -0.4 is 0 Å². The number of halogens is 1. The third kappa shape index (κ3) is 4.80. The van der Waals surface area contributed by atoms with E-state index in [1.165, 1.54) is 12.1 Å². The van der Waals surface area contributed by atoms with E-state index in [1.54, 1.807) is 13.0 Å². The van der Waals surface area contributed by atoms with E-state index in [2.05, 4.69) is 4.90 Å². The van der Waals surface area contributed by atoms with E-state index in [0.717, 1.165) is 17.9 Å². The average molecular weight is 408 g/mol. The van der Waals surface area contributed by atoms with Crippen LogP contribution in [0.5, 0.6) is 0 Å². The molecule has 0 atom stereocenters. The van der Waals surface area contributed by atoms with Crippen LogP contribution in [-0.2, 0) is 9.84 Å². The molecule has 2 aromatic rings. The molecule has 1 amide bonds. The van der Waals surface area contributed by atoms with Gasteiger partial charge in [0.05, 0.1) is 16.2 Å². The van der Waals surface area contributed by atoms with Gasteiger partial charge in [-0.3, -0.25) is 9.69 Å². The SMILES string of the molecule is Cc1cc(C(=O)N2CCN(CCCS(=O)(=O)c3ccc(F)cc3)CC2)c(C)o1. The number of carbonyl (C=O) groups is 1. The zero-order chi connectivity index (χ0) is 20.3. The second-order valence-electron chi connectivity index (χ2n) is 7.09. The number of sulfone groups is 1. The minimum atomic E-state index is -3.41. The molecular weight excluding hydrogens is 383 g/mol. The van der Waals surface area contributed by atoms with Gasteiger partial charge < -0.3 is 9.32 Å². The van der Waals surface area contributed by atoms with E-state index in [-0.39, 0.29) is 16.6 Å². The molecule has 2 heterocycles. The van der Waals surface area contributed by atoms with Crippen molar-refractivity contribution < 1.29 is 22.0 Å². The summed E-state index contributed by atoms with van der Waals surface area (Å²) in [5.41, 5.74) is 0.608. The van der Waals surface area contributed by atoms with Gasteiger partial charge in [-0.25, -0.2) is 12.8 Å². The van der Waals surface area contributed by atoms with Crippen molar-refractivity contribution >= 4 is 15.7 Å². The van der Waals surface area contributed by atoms with Gasteiger partial charge in [0, 0.05) is 26.2 Å². The highest BCUT2D eigenvalue weighted by Gasteiger charge is 2.25. The van der Waals surface area contributed by atoms with Crippen molar-refractivity contribution in [1.29, 1.82) is 0 Å². The molecule has 28 heavy (non-hydrogen) atoms. The number of hydrogen-bond acceptors (Lipinski definition) is 5. The zero-order valence-corrected chi connectivity index (χ0v) is 17.0. The zero-order valence-electron chi connectivity index (χ0n) is 16.2. The Morgan fingerprint density at radius 3 is 2.32 bits per heavy atom. The topological polar surface area (TPSA) is 70.8 Å². The molecule has 1 aromatic carbocycles. The summed E-state index contributed by atoms with van der Waals surface area (Å²) in [4.78, 5) is 16.7. The standard InChI is InChI=1S/C20H25FN2O4S/c1-15-14-19(16(2)27-15)20(24)23-11-9-22(10-12-23)8-3-13-28(25,26)18-6-4-17(21)5-7-18/h4-7,14H,3,8-13H2,1-2H3. The lowest BCUT2D eigenvalue weighted by molar-refractivity contribution is 0.0636. The molecule has 3 rings (SSSR count). The fourth-order valence-electron chi connectivity index (χ4n) is 3.43. The molecule has 8 heteroatoms. The van der Waals surface area contributed by atoms with Crippen LogP contribution in [0.2, 0.25) is 0 Å². The van der Waals surface area contributed by atoms with Crippen molar-refractivity contribution in [2.24, 2.45) is 0 Å². The Kier molecular flexibility index (Phi) is 6.20. The number of nitrogens with zero attached hydrogens (tertiary/aromatic N) is 2. The Labute approximate surface area is 164 Å². The molecule has 1 saturated heterocycles. The molecule has 0 saturated carbocycles. The first-order valence-corrected chi connectivity index (χ1v) is 11.0. The summed E-state index contributed by atoms with van der Waals surface area (Å²) in [7, 11) is -3.41. The highest BCUT2D eigenvalue weighted by molar-refractivity contribution is 7.91. The fourth-order valence-corrected chi connectivity index (χ4v) is 4.72. The van der Waals surface area contributed by atoms with Crippen molar-refractivity contribution in [3.8, 4) is 0 Å². The van der Waals surface area contributed by atoms with Crippen LogP contribution in [0.15, 0.2) is 39.6 Å². The van der Waals surface area contributed by atoms with E-state index < -0.39 is 15.7 Å². The van der Waals surface area contributed by atoms with Crippen LogP contribution in [0.3, 0.4) is 0 Å². The van der Waals surface area contributed by atoms with Crippen LogP contribution in [0, 0.1) is 19.7 Å². The van der Waals surface area contributed by atoms with Gasteiger partial charge in [-0.2, -0.15) is 0 Å². The van der Waals surface area contributed by atoms with E-state index >= 15 is 0 Å². The highest BCUT2D eigenvalue weighted by Crippen LogP contribution is 2.18. The first kappa shape index (κ1) is 20.5. The number of aryl methyl sites for hydroxylation is 2. The Bertz CT molecular complexity index is 930. The summed E-state index contributed by atoms with van der Waals surface area (Å²) in [5, 5.41) is 0. The van der Waals surface area contributed by atoms with Crippen LogP contribution in [-0.4, -0.2) is 62.6 Å².